The normalized spacial score (nSPS) is 10.8. The summed E-state index contributed by atoms with van der Waals surface area (Å²) >= 11 is 5.90. The van der Waals surface area contributed by atoms with Crippen molar-refractivity contribution in [1.82, 2.24) is 10.1 Å². The number of carbonyl (C=O) groups is 1. The molecule has 0 aliphatic carbocycles. The smallest absolute Gasteiger partial charge is 0.226 e. The Kier molecular flexibility index (Phi) is 7.08. The standard InChI is InChI=1S/C17H22ClN3O3/c1-13-11-16(20-24-13)19-17(22)7-9-21(2)8-4-10-23-15-6-3-5-14(18)12-15/h3,5-6,11-12H,4,7-10H2,1-2H3,(H,19,20,22). The maximum Gasteiger partial charge on any atom is 0.226 e. The molecular formula is C17H22ClN3O3. The van der Waals surface area contributed by atoms with Gasteiger partial charge in [-0.15, -0.1) is 0 Å². The predicted octanol–water partition coefficient (Wildman–Crippen LogP) is 3.37. The second kappa shape index (κ2) is 9.30. The molecule has 1 aromatic carbocycles. The molecular weight excluding hydrogens is 330 g/mol. The average molecular weight is 352 g/mol. The molecule has 0 radical (unpaired) electrons. The maximum atomic E-state index is 11.8. The summed E-state index contributed by atoms with van der Waals surface area (Å²) < 4.78 is 10.5. The highest BCUT2D eigenvalue weighted by Crippen LogP contribution is 2.17. The number of hydrogen-bond donors (Lipinski definition) is 1. The number of nitrogens with one attached hydrogen (secondary N) is 1. The first-order valence-electron chi connectivity index (χ1n) is 7.83. The molecule has 24 heavy (non-hydrogen) atoms. The van der Waals surface area contributed by atoms with Crippen LogP contribution in [-0.4, -0.2) is 42.7 Å². The van der Waals surface area contributed by atoms with Gasteiger partial charge in [0, 0.05) is 30.6 Å². The summed E-state index contributed by atoms with van der Waals surface area (Å²) in [5.74, 6) is 1.81. The minimum absolute atomic E-state index is 0.0784. The van der Waals surface area contributed by atoms with Crippen LogP contribution in [0.3, 0.4) is 0 Å². The van der Waals surface area contributed by atoms with E-state index in [1.807, 2.05) is 25.2 Å². The van der Waals surface area contributed by atoms with Gasteiger partial charge in [0.05, 0.1) is 6.61 Å². The Balaban J connectivity index is 1.57. The van der Waals surface area contributed by atoms with Crippen molar-refractivity contribution in [2.45, 2.75) is 19.8 Å². The molecule has 6 nitrogen and oxygen atoms in total. The summed E-state index contributed by atoms with van der Waals surface area (Å²) in [7, 11) is 1.98. The first kappa shape index (κ1) is 18.3. The number of hydrogen-bond acceptors (Lipinski definition) is 5. The zero-order valence-electron chi connectivity index (χ0n) is 13.9. The second-order valence-electron chi connectivity index (χ2n) is 5.58. The molecule has 130 valence electrons. The molecule has 0 saturated carbocycles. The molecule has 2 aromatic rings. The Hall–Kier alpha value is -2.05. The van der Waals surface area contributed by atoms with Crippen LogP contribution in [0.1, 0.15) is 18.6 Å². The zero-order valence-corrected chi connectivity index (χ0v) is 14.7. The van der Waals surface area contributed by atoms with Crippen LogP contribution in [0.15, 0.2) is 34.9 Å². The van der Waals surface area contributed by atoms with Gasteiger partial charge in [-0.25, -0.2) is 0 Å². The molecule has 1 amide bonds. The van der Waals surface area contributed by atoms with Crippen LogP contribution < -0.4 is 10.1 Å². The molecule has 0 fully saturated rings. The third-order valence-corrected chi connectivity index (χ3v) is 3.60. The van der Waals surface area contributed by atoms with E-state index in [9.17, 15) is 4.79 Å². The summed E-state index contributed by atoms with van der Waals surface area (Å²) in [6.45, 7) is 3.90. The van der Waals surface area contributed by atoms with E-state index in [4.69, 9.17) is 20.9 Å². The quantitative estimate of drug-likeness (QED) is 0.701. The Bertz CT molecular complexity index is 660. The van der Waals surface area contributed by atoms with Crippen molar-refractivity contribution in [1.29, 1.82) is 0 Å². The van der Waals surface area contributed by atoms with E-state index in [1.54, 1.807) is 19.1 Å². The lowest BCUT2D eigenvalue weighted by Crippen LogP contribution is -2.26. The molecule has 0 saturated heterocycles. The minimum atomic E-state index is -0.0784. The number of ether oxygens (including phenoxy) is 1. The Morgan fingerprint density at radius 2 is 2.21 bits per heavy atom. The lowest BCUT2D eigenvalue weighted by Gasteiger charge is -2.16. The minimum Gasteiger partial charge on any atom is -0.493 e. The van der Waals surface area contributed by atoms with Gasteiger partial charge in [0.15, 0.2) is 5.82 Å². The number of halogens is 1. The van der Waals surface area contributed by atoms with Crippen molar-refractivity contribution in [2.75, 3.05) is 32.1 Å². The molecule has 0 bridgehead atoms. The fourth-order valence-corrected chi connectivity index (χ4v) is 2.30. The molecule has 1 N–H and O–H groups in total. The summed E-state index contributed by atoms with van der Waals surface area (Å²) in [6.07, 6.45) is 1.27. The predicted molar refractivity (Wildman–Crippen MR) is 93.5 cm³/mol. The van der Waals surface area contributed by atoms with E-state index < -0.39 is 0 Å². The lowest BCUT2D eigenvalue weighted by molar-refractivity contribution is -0.116. The van der Waals surface area contributed by atoms with Crippen molar-refractivity contribution < 1.29 is 14.1 Å². The van der Waals surface area contributed by atoms with Crippen molar-refractivity contribution in [3.05, 3.63) is 41.1 Å². The molecule has 2 rings (SSSR count). The van der Waals surface area contributed by atoms with Crippen LogP contribution in [0.4, 0.5) is 5.82 Å². The summed E-state index contributed by atoms with van der Waals surface area (Å²) in [5, 5.41) is 7.10. The maximum absolute atomic E-state index is 11.8. The molecule has 0 atom stereocenters. The van der Waals surface area contributed by atoms with Gasteiger partial charge >= 0.3 is 0 Å². The van der Waals surface area contributed by atoms with Crippen LogP contribution in [0.5, 0.6) is 5.75 Å². The van der Waals surface area contributed by atoms with Gasteiger partial charge < -0.3 is 19.5 Å². The van der Waals surface area contributed by atoms with Crippen LogP contribution in [-0.2, 0) is 4.79 Å². The summed E-state index contributed by atoms with van der Waals surface area (Å²) in [6, 6.07) is 9.04. The number of aromatic nitrogens is 1. The number of benzene rings is 1. The average Bonchev–Trinajstić information content (AvgIpc) is 2.94. The van der Waals surface area contributed by atoms with Crippen LogP contribution >= 0.6 is 11.6 Å². The first-order chi connectivity index (χ1) is 11.5. The Labute approximate surface area is 146 Å². The van der Waals surface area contributed by atoms with Gasteiger partial charge in [0.2, 0.25) is 5.91 Å². The van der Waals surface area contributed by atoms with Gasteiger partial charge in [0.1, 0.15) is 11.5 Å². The largest absolute Gasteiger partial charge is 0.493 e. The summed E-state index contributed by atoms with van der Waals surface area (Å²) in [4.78, 5) is 13.9. The monoisotopic (exact) mass is 351 g/mol. The highest BCUT2D eigenvalue weighted by Gasteiger charge is 2.08. The Morgan fingerprint density at radius 1 is 1.38 bits per heavy atom. The molecule has 0 aliphatic rings. The molecule has 0 spiro atoms. The number of nitrogens with zero attached hydrogens (tertiary/aromatic N) is 2. The van der Waals surface area contributed by atoms with Gasteiger partial charge in [-0.3, -0.25) is 4.79 Å². The van der Waals surface area contributed by atoms with E-state index in [1.165, 1.54) is 0 Å². The van der Waals surface area contributed by atoms with E-state index in [-0.39, 0.29) is 5.91 Å². The zero-order chi connectivity index (χ0) is 17.4. The van der Waals surface area contributed by atoms with E-state index in [0.717, 1.165) is 18.7 Å². The van der Waals surface area contributed by atoms with Crippen molar-refractivity contribution in [3.63, 3.8) is 0 Å². The number of carbonyl (C=O) groups excluding carboxylic acids is 1. The third-order valence-electron chi connectivity index (χ3n) is 3.37. The topological polar surface area (TPSA) is 67.6 Å². The van der Waals surface area contributed by atoms with Gasteiger partial charge in [-0.2, -0.15) is 0 Å². The number of aryl methyl sites for hydroxylation is 1. The molecule has 1 aromatic heterocycles. The van der Waals surface area contributed by atoms with Crippen LogP contribution in [0.2, 0.25) is 5.02 Å². The van der Waals surface area contributed by atoms with Gasteiger partial charge in [-0.05, 0) is 38.6 Å². The van der Waals surface area contributed by atoms with Crippen LogP contribution in [0.25, 0.3) is 0 Å². The van der Waals surface area contributed by atoms with Gasteiger partial charge in [-0.1, -0.05) is 22.8 Å². The third kappa shape index (κ3) is 6.60. The Morgan fingerprint density at radius 3 is 2.92 bits per heavy atom. The van der Waals surface area contributed by atoms with Crippen molar-refractivity contribution in [2.24, 2.45) is 0 Å². The number of rotatable bonds is 9. The number of anilines is 1. The molecule has 0 unspecified atom stereocenters. The molecule has 7 heteroatoms. The highest BCUT2D eigenvalue weighted by molar-refractivity contribution is 6.30. The molecule has 1 heterocycles. The summed E-state index contributed by atoms with van der Waals surface area (Å²) in [5.41, 5.74) is 0. The fourth-order valence-electron chi connectivity index (χ4n) is 2.12. The van der Waals surface area contributed by atoms with Crippen molar-refractivity contribution >= 4 is 23.3 Å². The molecule has 0 aliphatic heterocycles. The number of amides is 1. The lowest BCUT2D eigenvalue weighted by atomic mass is 10.3. The highest BCUT2D eigenvalue weighted by atomic mass is 35.5. The van der Waals surface area contributed by atoms with E-state index >= 15 is 0 Å². The van der Waals surface area contributed by atoms with Crippen molar-refractivity contribution in [3.8, 4) is 5.75 Å². The first-order valence-corrected chi connectivity index (χ1v) is 8.21. The van der Waals surface area contributed by atoms with E-state index in [2.05, 4.69) is 15.4 Å². The van der Waals surface area contributed by atoms with E-state index in [0.29, 0.717) is 36.2 Å². The van der Waals surface area contributed by atoms with Gasteiger partial charge in [0.25, 0.3) is 0 Å². The fraction of sp³-hybridized carbons (Fsp3) is 0.412. The van der Waals surface area contributed by atoms with Crippen LogP contribution in [0, 0.1) is 6.92 Å². The second-order valence-corrected chi connectivity index (χ2v) is 6.02. The SMILES string of the molecule is Cc1cc(NC(=O)CCN(C)CCCOc2cccc(Cl)c2)no1.